The van der Waals surface area contributed by atoms with E-state index in [-0.39, 0.29) is 0 Å². The summed E-state index contributed by atoms with van der Waals surface area (Å²) in [5, 5.41) is 0. The molecular formula is C15H19N3. The molecule has 3 nitrogen and oxygen atoms in total. The smallest absolute Gasteiger partial charge is 0.201 e. The molecule has 2 fully saturated rings. The first-order valence-corrected chi connectivity index (χ1v) is 7.02. The van der Waals surface area contributed by atoms with E-state index in [4.69, 9.17) is 5.73 Å². The summed E-state index contributed by atoms with van der Waals surface area (Å²) in [4.78, 5) is 4.46. The number of fused-ring (bicyclic) bond motifs is 3. The molecule has 0 amide bonds. The fraction of sp³-hybridized carbons (Fsp3) is 0.533. The van der Waals surface area contributed by atoms with Gasteiger partial charge in [0.25, 0.3) is 0 Å². The molecule has 0 aliphatic heterocycles. The second-order valence-electron chi connectivity index (χ2n) is 6.00. The van der Waals surface area contributed by atoms with Crippen LogP contribution in [0.15, 0.2) is 24.3 Å². The molecule has 1 aromatic carbocycles. The monoisotopic (exact) mass is 241 g/mol. The Bertz CT molecular complexity index is 586. The van der Waals surface area contributed by atoms with Gasteiger partial charge in [-0.1, -0.05) is 18.6 Å². The number of benzene rings is 1. The van der Waals surface area contributed by atoms with E-state index in [1.807, 2.05) is 12.1 Å². The summed E-state index contributed by atoms with van der Waals surface area (Å²) in [7, 11) is 0. The zero-order valence-electron chi connectivity index (χ0n) is 10.5. The van der Waals surface area contributed by atoms with E-state index in [2.05, 4.69) is 21.7 Å². The predicted molar refractivity (Wildman–Crippen MR) is 73.1 cm³/mol. The van der Waals surface area contributed by atoms with Crippen molar-refractivity contribution in [3.05, 3.63) is 24.3 Å². The lowest BCUT2D eigenvalue weighted by atomic mass is 9.89. The van der Waals surface area contributed by atoms with Gasteiger partial charge in [0.15, 0.2) is 0 Å². The molecule has 2 aliphatic carbocycles. The molecule has 3 heteroatoms. The SMILES string of the molecule is Nc1nc2ccccc2n1CC1CC2CCC1C2. The van der Waals surface area contributed by atoms with Gasteiger partial charge in [-0.25, -0.2) is 4.98 Å². The summed E-state index contributed by atoms with van der Waals surface area (Å²) in [5.74, 6) is 3.44. The van der Waals surface area contributed by atoms with Crippen LogP contribution in [0.1, 0.15) is 25.7 Å². The molecule has 0 spiro atoms. The number of anilines is 1. The number of hydrogen-bond donors (Lipinski definition) is 1. The highest BCUT2D eigenvalue weighted by Gasteiger charge is 2.39. The van der Waals surface area contributed by atoms with Crippen molar-refractivity contribution in [1.82, 2.24) is 9.55 Å². The van der Waals surface area contributed by atoms with E-state index in [0.29, 0.717) is 5.95 Å². The number of para-hydroxylation sites is 2. The van der Waals surface area contributed by atoms with Crippen molar-refractivity contribution in [2.75, 3.05) is 5.73 Å². The third kappa shape index (κ3) is 1.46. The van der Waals surface area contributed by atoms with E-state index in [1.54, 1.807) is 0 Å². The Morgan fingerprint density at radius 1 is 1.22 bits per heavy atom. The number of rotatable bonds is 2. The molecule has 2 aromatic rings. The number of nitrogen functional groups attached to an aromatic ring is 1. The van der Waals surface area contributed by atoms with Crippen LogP contribution in [0, 0.1) is 17.8 Å². The Balaban J connectivity index is 1.68. The first-order valence-electron chi connectivity index (χ1n) is 7.02. The second kappa shape index (κ2) is 3.74. The van der Waals surface area contributed by atoms with E-state index in [1.165, 1.54) is 31.2 Å². The minimum Gasteiger partial charge on any atom is -0.369 e. The zero-order chi connectivity index (χ0) is 12.1. The third-order valence-corrected chi connectivity index (χ3v) is 4.99. The number of hydrogen-bond acceptors (Lipinski definition) is 2. The van der Waals surface area contributed by atoms with Gasteiger partial charge in [0.05, 0.1) is 11.0 Å². The fourth-order valence-electron chi connectivity index (χ4n) is 4.12. The van der Waals surface area contributed by atoms with Crippen LogP contribution in [0.2, 0.25) is 0 Å². The van der Waals surface area contributed by atoms with Gasteiger partial charge >= 0.3 is 0 Å². The Hall–Kier alpha value is -1.51. The van der Waals surface area contributed by atoms with Crippen LogP contribution >= 0.6 is 0 Å². The molecule has 2 aliphatic rings. The molecule has 1 aromatic heterocycles. The van der Waals surface area contributed by atoms with Gasteiger partial charge in [-0.15, -0.1) is 0 Å². The summed E-state index contributed by atoms with van der Waals surface area (Å²) in [6.45, 7) is 1.06. The molecule has 0 saturated heterocycles. The minimum absolute atomic E-state index is 0.680. The molecular weight excluding hydrogens is 222 g/mol. The Morgan fingerprint density at radius 2 is 2.11 bits per heavy atom. The second-order valence-corrected chi connectivity index (χ2v) is 6.00. The van der Waals surface area contributed by atoms with Gasteiger partial charge in [-0.05, 0) is 49.1 Å². The van der Waals surface area contributed by atoms with Crippen molar-refractivity contribution in [1.29, 1.82) is 0 Å². The number of aromatic nitrogens is 2. The summed E-state index contributed by atoms with van der Waals surface area (Å²) < 4.78 is 2.22. The first-order chi connectivity index (χ1) is 8.81. The van der Waals surface area contributed by atoms with Crippen LogP contribution in [0.3, 0.4) is 0 Å². The fourth-order valence-corrected chi connectivity index (χ4v) is 4.12. The highest BCUT2D eigenvalue weighted by molar-refractivity contribution is 5.78. The van der Waals surface area contributed by atoms with Crippen molar-refractivity contribution >= 4 is 17.0 Å². The lowest BCUT2D eigenvalue weighted by Crippen LogP contribution is -2.18. The average Bonchev–Trinajstić information content (AvgIpc) is 3.05. The highest BCUT2D eigenvalue weighted by Crippen LogP contribution is 2.49. The Morgan fingerprint density at radius 3 is 2.89 bits per heavy atom. The molecule has 94 valence electrons. The van der Waals surface area contributed by atoms with Crippen LogP contribution < -0.4 is 5.73 Å². The lowest BCUT2D eigenvalue weighted by molar-refractivity contribution is 0.300. The Kier molecular flexibility index (Phi) is 2.16. The molecule has 1 heterocycles. The third-order valence-electron chi connectivity index (χ3n) is 4.99. The molecule has 4 rings (SSSR count). The lowest BCUT2D eigenvalue weighted by Gasteiger charge is -2.22. The molecule has 0 radical (unpaired) electrons. The summed E-state index contributed by atoms with van der Waals surface area (Å²) >= 11 is 0. The van der Waals surface area contributed by atoms with Gasteiger partial charge in [-0.2, -0.15) is 0 Å². The molecule has 3 atom stereocenters. The molecule has 2 saturated carbocycles. The number of imidazole rings is 1. The van der Waals surface area contributed by atoms with Crippen LogP contribution in [-0.2, 0) is 6.54 Å². The van der Waals surface area contributed by atoms with Crippen molar-refractivity contribution in [3.63, 3.8) is 0 Å². The zero-order valence-corrected chi connectivity index (χ0v) is 10.5. The Labute approximate surface area is 107 Å². The van der Waals surface area contributed by atoms with Crippen molar-refractivity contribution in [2.24, 2.45) is 17.8 Å². The largest absolute Gasteiger partial charge is 0.369 e. The number of nitrogens with two attached hydrogens (primary N) is 1. The normalized spacial score (nSPS) is 30.3. The molecule has 2 bridgehead atoms. The summed E-state index contributed by atoms with van der Waals surface area (Å²) in [6, 6.07) is 8.27. The maximum atomic E-state index is 6.08. The maximum absolute atomic E-state index is 6.08. The van der Waals surface area contributed by atoms with Gasteiger partial charge in [0.1, 0.15) is 0 Å². The van der Waals surface area contributed by atoms with E-state index in [9.17, 15) is 0 Å². The maximum Gasteiger partial charge on any atom is 0.201 e. The molecule has 18 heavy (non-hydrogen) atoms. The van der Waals surface area contributed by atoms with Gasteiger partial charge in [0, 0.05) is 6.54 Å². The predicted octanol–water partition coefficient (Wildman–Crippen LogP) is 3.05. The highest BCUT2D eigenvalue weighted by atomic mass is 15.2. The van der Waals surface area contributed by atoms with Crippen molar-refractivity contribution in [3.8, 4) is 0 Å². The van der Waals surface area contributed by atoms with Crippen molar-refractivity contribution in [2.45, 2.75) is 32.2 Å². The minimum atomic E-state index is 0.680. The van der Waals surface area contributed by atoms with Gasteiger partial charge < -0.3 is 10.3 Å². The summed E-state index contributed by atoms with van der Waals surface area (Å²) in [6.07, 6.45) is 5.75. The summed E-state index contributed by atoms with van der Waals surface area (Å²) in [5.41, 5.74) is 8.30. The van der Waals surface area contributed by atoms with E-state index in [0.717, 1.165) is 29.8 Å². The number of nitrogens with zero attached hydrogens (tertiary/aromatic N) is 2. The quantitative estimate of drug-likeness (QED) is 0.878. The average molecular weight is 241 g/mol. The van der Waals surface area contributed by atoms with E-state index >= 15 is 0 Å². The molecule has 2 N–H and O–H groups in total. The van der Waals surface area contributed by atoms with Crippen LogP contribution in [0.5, 0.6) is 0 Å². The first kappa shape index (κ1) is 10.4. The van der Waals surface area contributed by atoms with Crippen LogP contribution in [-0.4, -0.2) is 9.55 Å². The van der Waals surface area contributed by atoms with Gasteiger partial charge in [-0.3, -0.25) is 0 Å². The van der Waals surface area contributed by atoms with Crippen molar-refractivity contribution < 1.29 is 0 Å². The van der Waals surface area contributed by atoms with Gasteiger partial charge in [0.2, 0.25) is 5.95 Å². The van der Waals surface area contributed by atoms with E-state index < -0.39 is 0 Å². The van der Waals surface area contributed by atoms with Crippen LogP contribution in [0.4, 0.5) is 5.95 Å². The molecule has 3 unspecified atom stereocenters. The topological polar surface area (TPSA) is 43.8 Å². The van der Waals surface area contributed by atoms with Crippen LogP contribution in [0.25, 0.3) is 11.0 Å². The standard InChI is InChI=1S/C15H19N3/c16-15-17-13-3-1-2-4-14(13)18(15)9-12-8-10-5-6-11(12)7-10/h1-4,10-12H,5-9H2,(H2,16,17).